The number of nitrogens with one attached hydrogen (secondary N) is 1. The van der Waals surface area contributed by atoms with Gasteiger partial charge in [-0.05, 0) is 55.0 Å². The minimum atomic E-state index is -0.921. The summed E-state index contributed by atoms with van der Waals surface area (Å²) in [6, 6.07) is 22.8. The Labute approximate surface area is 203 Å². The number of fused-ring (bicyclic) bond motifs is 2. The number of rotatable bonds is 6. The van der Waals surface area contributed by atoms with Crippen LogP contribution in [0.15, 0.2) is 72.8 Å². The number of carboxylic acids is 1. The molecule has 1 aromatic heterocycles. The molecule has 7 nitrogen and oxygen atoms in total. The number of para-hydroxylation sites is 3. The molecular weight excluding hydrogens is 442 g/mol. The average Bonchev–Trinajstić information content (AvgIpc) is 3.13. The van der Waals surface area contributed by atoms with Gasteiger partial charge in [0.1, 0.15) is 11.9 Å². The minimum Gasteiger partial charge on any atom is -0.485 e. The van der Waals surface area contributed by atoms with Crippen LogP contribution >= 0.6 is 0 Å². The van der Waals surface area contributed by atoms with Crippen LogP contribution in [-0.2, 0) is 11.2 Å². The van der Waals surface area contributed by atoms with Crippen LogP contribution in [-0.4, -0.2) is 47.8 Å². The number of carbonyl (C=O) groups is 2. The summed E-state index contributed by atoms with van der Waals surface area (Å²) >= 11 is 0. The predicted molar refractivity (Wildman–Crippen MR) is 137 cm³/mol. The normalized spacial score (nSPS) is 14.9. The lowest BCUT2D eigenvalue weighted by Gasteiger charge is -2.34. The second kappa shape index (κ2) is 9.18. The molecule has 0 radical (unpaired) electrons. The second-order valence-corrected chi connectivity index (χ2v) is 8.84. The van der Waals surface area contributed by atoms with Crippen molar-refractivity contribution in [2.45, 2.75) is 19.4 Å². The van der Waals surface area contributed by atoms with Crippen molar-refractivity contribution in [3.8, 4) is 5.75 Å². The zero-order valence-electron chi connectivity index (χ0n) is 19.7. The lowest BCUT2D eigenvalue weighted by molar-refractivity contribution is -0.136. The highest BCUT2D eigenvalue weighted by molar-refractivity contribution is 6.04. The van der Waals surface area contributed by atoms with E-state index in [2.05, 4.69) is 23.3 Å². The predicted octanol–water partition coefficient (Wildman–Crippen LogP) is 4.57. The number of hydrogen-bond donors (Lipinski definition) is 2. The van der Waals surface area contributed by atoms with Gasteiger partial charge in [-0.1, -0.05) is 30.3 Å². The van der Waals surface area contributed by atoms with Crippen molar-refractivity contribution < 1.29 is 19.4 Å². The summed E-state index contributed by atoms with van der Waals surface area (Å²) < 4.78 is 7.73. The number of carbonyl (C=O) groups excluding carboxylic acids is 1. The van der Waals surface area contributed by atoms with Crippen LogP contribution in [0.25, 0.3) is 10.9 Å². The van der Waals surface area contributed by atoms with Gasteiger partial charge < -0.3 is 20.1 Å². The maximum absolute atomic E-state index is 13.4. The molecule has 0 unspecified atom stereocenters. The molecule has 1 aliphatic heterocycles. The van der Waals surface area contributed by atoms with E-state index in [1.54, 1.807) is 23.6 Å². The Hall–Kier alpha value is -4.26. The number of anilines is 2. The molecule has 35 heavy (non-hydrogen) atoms. The van der Waals surface area contributed by atoms with Crippen LogP contribution in [0.4, 0.5) is 11.4 Å². The summed E-state index contributed by atoms with van der Waals surface area (Å²) in [5.74, 6) is -0.225. The third-order valence-corrected chi connectivity index (χ3v) is 6.49. The first-order chi connectivity index (χ1) is 16.9. The Morgan fingerprint density at radius 2 is 1.74 bits per heavy atom. The molecule has 178 valence electrons. The van der Waals surface area contributed by atoms with Crippen LogP contribution in [0.2, 0.25) is 0 Å². The molecule has 3 aromatic carbocycles. The highest BCUT2D eigenvalue weighted by Crippen LogP contribution is 2.32. The largest absolute Gasteiger partial charge is 0.485 e. The zero-order valence-corrected chi connectivity index (χ0v) is 19.7. The molecule has 0 amide bonds. The number of likely N-dealkylation sites (N-methyl/N-ethyl adjacent to an activating group) is 1. The van der Waals surface area contributed by atoms with Crippen LogP contribution in [0.5, 0.6) is 5.75 Å². The van der Waals surface area contributed by atoms with Crippen molar-refractivity contribution in [3.63, 3.8) is 0 Å². The first kappa shape index (κ1) is 22.5. The molecule has 0 bridgehead atoms. The summed E-state index contributed by atoms with van der Waals surface area (Å²) in [5, 5.41) is 13.5. The van der Waals surface area contributed by atoms with Crippen molar-refractivity contribution in [1.82, 2.24) is 4.57 Å². The molecule has 2 N–H and O–H groups in total. The standard InChI is InChI=1S/C28H27N3O4/c1-18-23(15-27(32)33)22-7-3-4-8-24(22)31(18)28(34)19-11-13-20(14-12-19)29-16-21-17-30(2)25-9-5-6-10-26(25)35-21/h3-14,21,29H,15-17H2,1-2H3,(H,32,33)/t21-/m1/s1. The quantitative estimate of drug-likeness (QED) is 0.430. The van der Waals surface area contributed by atoms with E-state index in [0.717, 1.165) is 29.1 Å². The van der Waals surface area contributed by atoms with Crippen molar-refractivity contribution in [2.24, 2.45) is 0 Å². The fourth-order valence-corrected chi connectivity index (χ4v) is 4.76. The van der Waals surface area contributed by atoms with Gasteiger partial charge in [-0.3, -0.25) is 14.2 Å². The van der Waals surface area contributed by atoms with Gasteiger partial charge in [0.2, 0.25) is 0 Å². The molecule has 1 aliphatic rings. The fourth-order valence-electron chi connectivity index (χ4n) is 4.76. The van der Waals surface area contributed by atoms with Gasteiger partial charge in [-0.25, -0.2) is 0 Å². The van der Waals surface area contributed by atoms with E-state index in [1.165, 1.54) is 0 Å². The van der Waals surface area contributed by atoms with Crippen LogP contribution in [0.1, 0.15) is 21.6 Å². The summed E-state index contributed by atoms with van der Waals surface area (Å²) in [5.41, 5.74) is 4.55. The third kappa shape index (κ3) is 4.33. The molecule has 5 rings (SSSR count). The number of nitrogens with zero attached hydrogens (tertiary/aromatic N) is 2. The van der Waals surface area contributed by atoms with E-state index in [9.17, 15) is 14.7 Å². The zero-order chi connectivity index (χ0) is 24.5. The summed E-state index contributed by atoms with van der Waals surface area (Å²) in [6.45, 7) is 3.20. The molecule has 0 saturated heterocycles. The maximum atomic E-state index is 13.4. The smallest absolute Gasteiger partial charge is 0.307 e. The third-order valence-electron chi connectivity index (χ3n) is 6.49. The number of hydrogen-bond acceptors (Lipinski definition) is 5. The molecule has 2 heterocycles. The minimum absolute atomic E-state index is 0.00208. The van der Waals surface area contributed by atoms with Crippen LogP contribution in [0, 0.1) is 6.92 Å². The van der Waals surface area contributed by atoms with Crippen LogP contribution < -0.4 is 15.0 Å². The van der Waals surface area contributed by atoms with Gasteiger partial charge in [0, 0.05) is 29.4 Å². The molecule has 7 heteroatoms. The number of aliphatic carboxylic acids is 1. The summed E-state index contributed by atoms with van der Waals surface area (Å²) in [7, 11) is 2.06. The van der Waals surface area contributed by atoms with Gasteiger partial charge in [-0.2, -0.15) is 0 Å². The Morgan fingerprint density at radius 3 is 2.51 bits per heavy atom. The van der Waals surface area contributed by atoms with Gasteiger partial charge in [0.15, 0.2) is 0 Å². The molecule has 0 aliphatic carbocycles. The summed E-state index contributed by atoms with van der Waals surface area (Å²) in [6.07, 6.45) is -0.129. The van der Waals surface area contributed by atoms with Gasteiger partial charge >= 0.3 is 5.97 Å². The van der Waals surface area contributed by atoms with Gasteiger partial charge in [0.05, 0.1) is 30.7 Å². The van der Waals surface area contributed by atoms with E-state index in [0.29, 0.717) is 28.9 Å². The number of benzene rings is 3. The van der Waals surface area contributed by atoms with Gasteiger partial charge in [0.25, 0.3) is 5.91 Å². The molecule has 0 saturated carbocycles. The van der Waals surface area contributed by atoms with Crippen molar-refractivity contribution >= 4 is 34.2 Å². The average molecular weight is 470 g/mol. The molecule has 1 atom stereocenters. The Morgan fingerprint density at radius 1 is 1.03 bits per heavy atom. The van der Waals surface area contributed by atoms with E-state index < -0.39 is 5.97 Å². The Kier molecular flexibility index (Phi) is 5.91. The van der Waals surface area contributed by atoms with E-state index in [1.807, 2.05) is 54.6 Å². The number of carboxylic acid groups (broad SMARTS) is 1. The van der Waals surface area contributed by atoms with Crippen molar-refractivity contribution in [2.75, 3.05) is 30.4 Å². The maximum Gasteiger partial charge on any atom is 0.307 e. The molecular formula is C28H27N3O4. The van der Waals surface area contributed by atoms with Crippen molar-refractivity contribution in [3.05, 3.63) is 89.6 Å². The molecule has 4 aromatic rings. The Balaban J connectivity index is 1.32. The second-order valence-electron chi connectivity index (χ2n) is 8.84. The first-order valence-corrected chi connectivity index (χ1v) is 11.6. The van der Waals surface area contributed by atoms with Crippen LogP contribution in [0.3, 0.4) is 0 Å². The summed E-state index contributed by atoms with van der Waals surface area (Å²) in [4.78, 5) is 27.0. The molecule has 0 spiro atoms. The Bertz CT molecular complexity index is 1410. The van der Waals surface area contributed by atoms with Gasteiger partial charge in [-0.15, -0.1) is 0 Å². The fraction of sp³-hybridized carbons (Fsp3) is 0.214. The molecule has 0 fully saturated rings. The lowest BCUT2D eigenvalue weighted by Crippen LogP contribution is -2.41. The van der Waals surface area contributed by atoms with E-state index in [4.69, 9.17) is 4.74 Å². The lowest BCUT2D eigenvalue weighted by atomic mass is 10.1. The highest BCUT2D eigenvalue weighted by Gasteiger charge is 2.23. The monoisotopic (exact) mass is 469 g/mol. The van der Waals surface area contributed by atoms with E-state index >= 15 is 0 Å². The van der Waals surface area contributed by atoms with Crippen molar-refractivity contribution in [1.29, 1.82) is 0 Å². The van der Waals surface area contributed by atoms with E-state index in [-0.39, 0.29) is 18.4 Å². The SMILES string of the molecule is Cc1c(CC(=O)O)c2ccccc2n1C(=O)c1ccc(NC[C@@H]2CN(C)c3ccccc3O2)cc1. The first-order valence-electron chi connectivity index (χ1n) is 11.6. The highest BCUT2D eigenvalue weighted by atomic mass is 16.5. The topological polar surface area (TPSA) is 83.8 Å². The number of ether oxygens (including phenoxy) is 1. The number of aromatic nitrogens is 1.